The Morgan fingerprint density at radius 1 is 0.304 bits per heavy atom. The average Bonchev–Trinajstić information content (AvgIpc) is 2.32. The molecule has 0 rings (SSSR count). The molecule has 92 heavy (non-hydrogen) atoms. The van der Waals surface area contributed by atoms with Gasteiger partial charge in [-0.3, -0.25) is 37.3 Å². The summed E-state index contributed by atoms with van der Waals surface area (Å²) in [5.41, 5.74) is 0. The summed E-state index contributed by atoms with van der Waals surface area (Å²) < 4.78 is 68.4. The van der Waals surface area contributed by atoms with Crippen LogP contribution in [0.25, 0.3) is 0 Å². The molecule has 0 aromatic heterocycles. The normalized spacial score (nSPS) is 15.1. The van der Waals surface area contributed by atoms with Gasteiger partial charge in [0, 0.05) is 25.7 Å². The van der Waals surface area contributed by atoms with Crippen molar-refractivity contribution in [1.29, 1.82) is 0 Å². The number of aliphatic hydroxyl groups excluding tert-OH is 1. The van der Waals surface area contributed by atoms with Crippen LogP contribution in [0.1, 0.15) is 364 Å². The number of esters is 4. The third-order valence-corrected chi connectivity index (χ3v) is 19.8. The number of phosphoric acid groups is 2. The molecule has 0 aromatic carbocycles. The van der Waals surface area contributed by atoms with Gasteiger partial charge >= 0.3 is 39.5 Å². The van der Waals surface area contributed by atoms with Crippen LogP contribution in [0, 0.1) is 23.7 Å². The zero-order valence-corrected chi connectivity index (χ0v) is 62.0. The van der Waals surface area contributed by atoms with Crippen molar-refractivity contribution in [2.45, 2.75) is 382 Å². The average molecular weight is 1350 g/mol. The predicted octanol–water partition coefficient (Wildman–Crippen LogP) is 20.9. The largest absolute Gasteiger partial charge is 0.472 e. The zero-order valence-electron chi connectivity index (χ0n) is 60.2. The Balaban J connectivity index is 5.23. The number of unbranched alkanes of at least 4 members (excludes halogenated alkanes) is 33. The first-order valence-corrected chi connectivity index (χ1v) is 40.8. The number of carbonyl (C=O) groups excluding carboxylic acids is 4. The number of aliphatic hydroxyl groups is 1. The van der Waals surface area contributed by atoms with E-state index < -0.39 is 97.5 Å². The highest BCUT2D eigenvalue weighted by Crippen LogP contribution is 2.45. The summed E-state index contributed by atoms with van der Waals surface area (Å²) in [6.45, 7) is 14.1. The van der Waals surface area contributed by atoms with E-state index >= 15 is 0 Å². The molecule has 0 aromatic rings. The van der Waals surface area contributed by atoms with E-state index in [9.17, 15) is 43.2 Å². The maximum Gasteiger partial charge on any atom is 0.472 e. The topological polar surface area (TPSA) is 237 Å². The molecular weight excluding hydrogens is 1210 g/mol. The fourth-order valence-electron chi connectivity index (χ4n) is 10.9. The van der Waals surface area contributed by atoms with Crippen LogP contribution >= 0.6 is 15.6 Å². The Morgan fingerprint density at radius 3 is 0.772 bits per heavy atom. The van der Waals surface area contributed by atoms with E-state index in [2.05, 4.69) is 55.4 Å². The van der Waals surface area contributed by atoms with Crippen LogP contribution in [0.3, 0.4) is 0 Å². The van der Waals surface area contributed by atoms with Gasteiger partial charge in [0.2, 0.25) is 0 Å². The molecule has 5 unspecified atom stereocenters. The predicted molar refractivity (Wildman–Crippen MR) is 372 cm³/mol. The summed E-state index contributed by atoms with van der Waals surface area (Å²) in [7, 11) is -9.91. The lowest BCUT2D eigenvalue weighted by Gasteiger charge is -2.21. The van der Waals surface area contributed by atoms with Gasteiger partial charge in [-0.05, 0) is 49.4 Å². The highest BCUT2D eigenvalue weighted by atomic mass is 31.2. The number of hydrogen-bond donors (Lipinski definition) is 3. The van der Waals surface area contributed by atoms with Crippen LogP contribution in [0.5, 0.6) is 0 Å². The van der Waals surface area contributed by atoms with E-state index in [1.807, 2.05) is 0 Å². The van der Waals surface area contributed by atoms with Gasteiger partial charge in [0.25, 0.3) is 0 Å². The lowest BCUT2D eigenvalue weighted by atomic mass is 9.99. The fraction of sp³-hybridized carbons (Fsp3) is 0.945. The Kier molecular flexibility index (Phi) is 61.3. The van der Waals surface area contributed by atoms with E-state index in [1.54, 1.807) is 0 Å². The third-order valence-electron chi connectivity index (χ3n) is 17.9. The number of phosphoric ester groups is 2. The molecule has 8 atom stereocenters. The molecule has 0 spiro atoms. The molecule has 0 aliphatic heterocycles. The van der Waals surface area contributed by atoms with Gasteiger partial charge in [-0.2, -0.15) is 0 Å². The lowest BCUT2D eigenvalue weighted by molar-refractivity contribution is -0.161. The molecule has 0 saturated heterocycles. The number of hydrogen-bond acceptors (Lipinski definition) is 15. The van der Waals surface area contributed by atoms with Gasteiger partial charge < -0.3 is 33.8 Å². The summed E-state index contributed by atoms with van der Waals surface area (Å²) >= 11 is 0. The molecule has 0 amide bonds. The molecule has 0 radical (unpaired) electrons. The van der Waals surface area contributed by atoms with E-state index in [-0.39, 0.29) is 25.7 Å². The van der Waals surface area contributed by atoms with Gasteiger partial charge in [-0.15, -0.1) is 0 Å². The summed E-state index contributed by atoms with van der Waals surface area (Å²) in [6.07, 6.45) is 45.8. The molecule has 3 N–H and O–H groups in total. The molecule has 0 fully saturated rings. The highest BCUT2D eigenvalue weighted by molar-refractivity contribution is 7.47. The molecular formula is C73H142O17P2. The Bertz CT molecular complexity index is 1820. The van der Waals surface area contributed by atoms with Gasteiger partial charge in [-0.25, -0.2) is 9.13 Å². The second kappa shape index (κ2) is 62.6. The van der Waals surface area contributed by atoms with E-state index in [0.717, 1.165) is 126 Å². The molecule has 0 aliphatic carbocycles. The molecule has 17 nitrogen and oxygen atoms in total. The van der Waals surface area contributed by atoms with Crippen molar-refractivity contribution in [3.8, 4) is 0 Å². The molecule has 0 bridgehead atoms. The molecule has 546 valence electrons. The van der Waals surface area contributed by atoms with Crippen molar-refractivity contribution in [2.75, 3.05) is 39.6 Å². The maximum atomic E-state index is 13.0. The number of carbonyl (C=O) groups is 4. The minimum absolute atomic E-state index is 0.105. The molecule has 0 heterocycles. The van der Waals surface area contributed by atoms with Crippen molar-refractivity contribution in [2.24, 2.45) is 23.7 Å². The minimum atomic E-state index is -4.95. The van der Waals surface area contributed by atoms with Crippen LogP contribution in [0.15, 0.2) is 0 Å². The number of ether oxygens (including phenoxy) is 4. The smallest absolute Gasteiger partial charge is 0.462 e. The summed E-state index contributed by atoms with van der Waals surface area (Å²) in [5.74, 6) is 0.946. The summed E-state index contributed by atoms with van der Waals surface area (Å²) in [6, 6.07) is 0. The number of rotatable bonds is 70. The van der Waals surface area contributed by atoms with Gasteiger partial charge in [-0.1, -0.05) is 312 Å². The first kappa shape index (κ1) is 90.1. The van der Waals surface area contributed by atoms with Gasteiger partial charge in [0.15, 0.2) is 12.2 Å². The Hall–Kier alpha value is -1.94. The maximum absolute atomic E-state index is 13.0. The van der Waals surface area contributed by atoms with Crippen LogP contribution in [-0.2, 0) is 65.4 Å². The zero-order chi connectivity index (χ0) is 68.2. The molecule has 0 aliphatic rings. The van der Waals surface area contributed by atoms with E-state index in [1.165, 1.54) is 154 Å². The van der Waals surface area contributed by atoms with Crippen molar-refractivity contribution in [3.63, 3.8) is 0 Å². The fourth-order valence-corrected chi connectivity index (χ4v) is 12.5. The van der Waals surface area contributed by atoms with Crippen molar-refractivity contribution in [1.82, 2.24) is 0 Å². The van der Waals surface area contributed by atoms with Crippen LogP contribution in [0.2, 0.25) is 0 Å². The minimum Gasteiger partial charge on any atom is -0.462 e. The van der Waals surface area contributed by atoms with Crippen LogP contribution in [-0.4, -0.2) is 96.7 Å². The lowest BCUT2D eigenvalue weighted by Crippen LogP contribution is -2.30. The second-order valence-corrected chi connectivity index (χ2v) is 30.4. The monoisotopic (exact) mass is 1350 g/mol. The quantitative estimate of drug-likeness (QED) is 0.0222. The second-order valence-electron chi connectivity index (χ2n) is 27.5. The first-order chi connectivity index (χ1) is 44.2. The molecule has 0 saturated carbocycles. The highest BCUT2D eigenvalue weighted by Gasteiger charge is 2.30. The van der Waals surface area contributed by atoms with Gasteiger partial charge in [0.05, 0.1) is 26.4 Å². The van der Waals surface area contributed by atoms with Crippen LogP contribution < -0.4 is 0 Å². The molecule has 19 heteroatoms. The standard InChI is InChI=1S/C73H142O17P2/c1-9-64(6)50-42-34-26-22-18-14-12-13-15-19-23-27-39-47-55-72(77)89-68(59-83-70(75)53-45-37-31-29-35-43-51-65(7)10-2)61-87-91(79,80)85-57-67(74)58-86-92(81,82)88-62-69(60-84-71(76)54-46-38-32-30-36-44-52-66(8)11-3)90-73(78)56-48-40-28-24-20-16-17-21-25-33-41-49-63(4)5/h63-69,74H,9-62H2,1-8H3,(H,79,80)(H,81,82)/t64?,65?,66?,67-,68-,69-/m1/s1. The van der Waals surface area contributed by atoms with E-state index in [4.69, 9.17) is 37.0 Å². The SMILES string of the molecule is CCC(C)CCCCCCCCCCCCCCCCC(=O)O[C@H](COC(=O)CCCCCCCCC(C)CC)COP(=O)(O)OC[C@@H](O)COP(=O)(O)OC[C@@H](COC(=O)CCCCCCCCC(C)CC)OC(=O)CCCCCCCCCCCCCC(C)C. The van der Waals surface area contributed by atoms with Crippen LogP contribution in [0.4, 0.5) is 0 Å². The van der Waals surface area contributed by atoms with E-state index in [0.29, 0.717) is 25.7 Å². The van der Waals surface area contributed by atoms with Crippen molar-refractivity contribution >= 4 is 39.5 Å². The van der Waals surface area contributed by atoms with Crippen molar-refractivity contribution in [3.05, 3.63) is 0 Å². The van der Waals surface area contributed by atoms with Crippen molar-refractivity contribution < 1.29 is 80.2 Å². The third kappa shape index (κ3) is 62.8. The Morgan fingerprint density at radius 2 is 0.522 bits per heavy atom. The summed E-state index contributed by atoms with van der Waals surface area (Å²) in [4.78, 5) is 72.7. The first-order valence-electron chi connectivity index (χ1n) is 37.8. The Labute approximate surface area is 562 Å². The summed E-state index contributed by atoms with van der Waals surface area (Å²) in [5, 5.41) is 10.6. The van der Waals surface area contributed by atoms with Gasteiger partial charge in [0.1, 0.15) is 19.3 Å².